The molecule has 0 aliphatic heterocycles. The van der Waals surface area contributed by atoms with Crippen LogP contribution in [0.15, 0.2) is 22.7 Å². The number of anilines is 2. The molecule has 0 spiro atoms. The molecule has 17 heavy (non-hydrogen) atoms. The molecule has 0 heterocycles. The van der Waals surface area contributed by atoms with E-state index in [1.807, 2.05) is 12.1 Å². The van der Waals surface area contributed by atoms with Gasteiger partial charge in [-0.15, -0.1) is 0 Å². The zero-order valence-electron chi connectivity index (χ0n) is 10.6. The van der Waals surface area contributed by atoms with Gasteiger partial charge in [0.05, 0.1) is 5.69 Å². The van der Waals surface area contributed by atoms with Gasteiger partial charge in [-0.3, -0.25) is 0 Å². The lowest BCUT2D eigenvalue weighted by Gasteiger charge is -2.27. The largest absolute Gasteiger partial charge is 0.399 e. The summed E-state index contributed by atoms with van der Waals surface area (Å²) in [7, 11) is 0. The minimum Gasteiger partial charge on any atom is -0.399 e. The van der Waals surface area contributed by atoms with Crippen LogP contribution in [0.2, 0.25) is 0 Å². The molecule has 1 fully saturated rings. The van der Waals surface area contributed by atoms with Crippen LogP contribution in [0.25, 0.3) is 0 Å². The van der Waals surface area contributed by atoms with Crippen LogP contribution in [0.3, 0.4) is 0 Å². The Hall–Kier alpha value is -0.700. The normalized spacial score (nSPS) is 15.3. The summed E-state index contributed by atoms with van der Waals surface area (Å²) in [6.45, 7) is 5.71. The summed E-state index contributed by atoms with van der Waals surface area (Å²) in [5.41, 5.74) is 7.91. The summed E-state index contributed by atoms with van der Waals surface area (Å²) in [5.74, 6) is 0.754. The second-order valence-electron chi connectivity index (χ2n) is 5.32. The molecular weight excluding hydrogens is 276 g/mol. The lowest BCUT2D eigenvalue weighted by Crippen LogP contribution is -2.28. The van der Waals surface area contributed by atoms with E-state index in [1.165, 1.54) is 24.9 Å². The maximum Gasteiger partial charge on any atom is 0.0514 e. The van der Waals surface area contributed by atoms with E-state index in [1.54, 1.807) is 0 Å². The average Bonchev–Trinajstić information content (AvgIpc) is 3.04. The lowest BCUT2D eigenvalue weighted by molar-refractivity contribution is 0.570. The fourth-order valence-corrected chi connectivity index (χ4v) is 2.66. The van der Waals surface area contributed by atoms with Crippen LogP contribution < -0.4 is 10.6 Å². The second-order valence-corrected chi connectivity index (χ2v) is 6.17. The summed E-state index contributed by atoms with van der Waals surface area (Å²) >= 11 is 3.63. The van der Waals surface area contributed by atoms with E-state index >= 15 is 0 Å². The van der Waals surface area contributed by atoms with Crippen molar-refractivity contribution in [1.29, 1.82) is 0 Å². The van der Waals surface area contributed by atoms with Gasteiger partial charge in [0.1, 0.15) is 0 Å². The molecule has 2 N–H and O–H groups in total. The molecule has 0 atom stereocenters. The highest BCUT2D eigenvalue weighted by atomic mass is 79.9. The predicted octanol–water partition coefficient (Wildman–Crippen LogP) is 4.05. The molecule has 0 saturated heterocycles. The smallest absolute Gasteiger partial charge is 0.0514 e. The van der Waals surface area contributed by atoms with Gasteiger partial charge in [-0.25, -0.2) is 0 Å². The third-order valence-electron chi connectivity index (χ3n) is 3.22. The van der Waals surface area contributed by atoms with Crippen molar-refractivity contribution in [1.82, 2.24) is 0 Å². The Kier molecular flexibility index (Phi) is 3.97. The topological polar surface area (TPSA) is 29.3 Å². The molecule has 0 radical (unpaired) electrons. The Bertz CT molecular complexity index is 386. The number of hydrogen-bond donors (Lipinski definition) is 1. The lowest BCUT2D eigenvalue weighted by atomic mass is 10.1. The monoisotopic (exact) mass is 296 g/mol. The first kappa shape index (κ1) is 12.7. The third kappa shape index (κ3) is 3.38. The predicted molar refractivity (Wildman–Crippen MR) is 78.4 cm³/mol. The Morgan fingerprint density at radius 2 is 2.12 bits per heavy atom. The van der Waals surface area contributed by atoms with Crippen LogP contribution in [0.1, 0.15) is 33.1 Å². The highest BCUT2D eigenvalue weighted by Crippen LogP contribution is 2.36. The highest BCUT2D eigenvalue weighted by molar-refractivity contribution is 9.10. The standard InChI is InChI=1S/C14H21BrN2/c1-10(2)7-8-17(12-4-5-12)14-6-3-11(16)9-13(14)15/h3,6,9-10,12H,4-5,7-8,16H2,1-2H3. The maximum absolute atomic E-state index is 5.79. The molecule has 1 saturated carbocycles. The molecule has 0 unspecified atom stereocenters. The van der Waals surface area contributed by atoms with E-state index in [0.717, 1.165) is 28.7 Å². The molecule has 2 nitrogen and oxygen atoms in total. The average molecular weight is 297 g/mol. The summed E-state index contributed by atoms with van der Waals surface area (Å²) in [6.07, 6.45) is 3.90. The Morgan fingerprint density at radius 3 is 2.65 bits per heavy atom. The molecule has 3 heteroatoms. The van der Waals surface area contributed by atoms with Crippen LogP contribution in [0, 0.1) is 5.92 Å². The number of rotatable bonds is 5. The van der Waals surface area contributed by atoms with Crippen molar-refractivity contribution in [3.8, 4) is 0 Å². The van der Waals surface area contributed by atoms with E-state index in [0.29, 0.717) is 0 Å². The van der Waals surface area contributed by atoms with E-state index in [2.05, 4.69) is 40.7 Å². The van der Waals surface area contributed by atoms with Gasteiger partial charge in [-0.2, -0.15) is 0 Å². The number of halogens is 1. The summed E-state index contributed by atoms with van der Waals surface area (Å²) in [6, 6.07) is 6.87. The molecule has 0 aromatic heterocycles. The minimum absolute atomic E-state index is 0.744. The van der Waals surface area contributed by atoms with Gasteiger partial charge in [0.15, 0.2) is 0 Å². The first-order valence-electron chi connectivity index (χ1n) is 6.39. The highest BCUT2D eigenvalue weighted by Gasteiger charge is 2.29. The van der Waals surface area contributed by atoms with Gasteiger partial charge in [-0.05, 0) is 59.3 Å². The maximum atomic E-state index is 5.79. The van der Waals surface area contributed by atoms with Crippen LogP contribution in [-0.4, -0.2) is 12.6 Å². The Labute approximate surface area is 112 Å². The first-order chi connectivity index (χ1) is 8.08. The fourth-order valence-electron chi connectivity index (χ4n) is 2.04. The van der Waals surface area contributed by atoms with Gasteiger partial charge < -0.3 is 10.6 Å². The molecular formula is C14H21BrN2. The number of nitrogen functional groups attached to an aromatic ring is 1. The van der Waals surface area contributed by atoms with Gasteiger partial charge >= 0.3 is 0 Å². The summed E-state index contributed by atoms with van der Waals surface area (Å²) in [5, 5.41) is 0. The van der Waals surface area contributed by atoms with Crippen LogP contribution >= 0.6 is 15.9 Å². The molecule has 0 amide bonds. The zero-order valence-corrected chi connectivity index (χ0v) is 12.2. The number of benzene rings is 1. The summed E-state index contributed by atoms with van der Waals surface area (Å²) < 4.78 is 1.12. The van der Waals surface area contributed by atoms with Crippen molar-refractivity contribution in [3.63, 3.8) is 0 Å². The second kappa shape index (κ2) is 5.30. The molecule has 0 bridgehead atoms. The molecule has 94 valence electrons. The quantitative estimate of drug-likeness (QED) is 0.831. The summed E-state index contributed by atoms with van der Waals surface area (Å²) in [4.78, 5) is 2.53. The Balaban J connectivity index is 2.14. The molecule has 2 rings (SSSR count). The van der Waals surface area contributed by atoms with E-state index in [4.69, 9.17) is 5.73 Å². The van der Waals surface area contributed by atoms with Gasteiger partial charge in [0.25, 0.3) is 0 Å². The fraction of sp³-hybridized carbons (Fsp3) is 0.571. The van der Waals surface area contributed by atoms with E-state index in [9.17, 15) is 0 Å². The third-order valence-corrected chi connectivity index (χ3v) is 3.85. The molecule has 1 aromatic carbocycles. The van der Waals surface area contributed by atoms with Gasteiger partial charge in [0.2, 0.25) is 0 Å². The van der Waals surface area contributed by atoms with Crippen LogP contribution in [-0.2, 0) is 0 Å². The first-order valence-corrected chi connectivity index (χ1v) is 7.19. The Morgan fingerprint density at radius 1 is 1.41 bits per heavy atom. The van der Waals surface area contributed by atoms with Crippen LogP contribution in [0.4, 0.5) is 11.4 Å². The SMILES string of the molecule is CC(C)CCN(c1ccc(N)cc1Br)C1CC1. The van der Waals surface area contributed by atoms with Crippen molar-refractivity contribution in [3.05, 3.63) is 22.7 Å². The zero-order chi connectivity index (χ0) is 12.4. The molecule has 1 aromatic rings. The van der Waals surface area contributed by atoms with Crippen molar-refractivity contribution >= 4 is 27.3 Å². The van der Waals surface area contributed by atoms with Crippen molar-refractivity contribution in [2.75, 3.05) is 17.2 Å². The van der Waals surface area contributed by atoms with Crippen molar-refractivity contribution < 1.29 is 0 Å². The van der Waals surface area contributed by atoms with Crippen LogP contribution in [0.5, 0.6) is 0 Å². The number of nitrogens with two attached hydrogens (primary N) is 1. The minimum atomic E-state index is 0.744. The van der Waals surface area contributed by atoms with Crippen molar-refractivity contribution in [2.45, 2.75) is 39.2 Å². The molecule has 1 aliphatic rings. The van der Waals surface area contributed by atoms with E-state index in [-0.39, 0.29) is 0 Å². The van der Waals surface area contributed by atoms with Gasteiger partial charge in [-0.1, -0.05) is 13.8 Å². The van der Waals surface area contributed by atoms with Gasteiger partial charge in [0, 0.05) is 22.7 Å². The molecule has 1 aliphatic carbocycles. The van der Waals surface area contributed by atoms with E-state index < -0.39 is 0 Å². The number of nitrogens with zero attached hydrogens (tertiary/aromatic N) is 1. The van der Waals surface area contributed by atoms with Crippen molar-refractivity contribution in [2.24, 2.45) is 5.92 Å². The number of hydrogen-bond acceptors (Lipinski definition) is 2.